The van der Waals surface area contributed by atoms with Crippen LogP contribution < -0.4 is 0 Å². The Morgan fingerprint density at radius 2 is 0.679 bits per heavy atom. The molecule has 12 nitrogen and oxygen atoms in total. The zero-order valence-corrected chi connectivity index (χ0v) is 55.6. The number of nitrogens with zero attached hydrogens (tertiary/aromatic N) is 8. The van der Waals surface area contributed by atoms with Crippen LogP contribution in [-0.2, 0) is 34.1 Å². The van der Waals surface area contributed by atoms with Gasteiger partial charge in [0, 0.05) is 26.4 Å². The van der Waals surface area contributed by atoms with Crippen molar-refractivity contribution in [2.75, 3.05) is 26.4 Å². The Bertz CT molecular complexity index is 1870. The van der Waals surface area contributed by atoms with Crippen LogP contribution in [0.4, 0.5) is 0 Å². The molecule has 488 valence electrons. The first kappa shape index (κ1) is 73.5. The monoisotopic (exact) mass is 1260 g/mol. The summed E-state index contributed by atoms with van der Waals surface area (Å²) >= 11 is 0. The zero-order chi connectivity index (χ0) is 58.4. The Kier molecular flexibility index (Phi) is 34.2. The Morgan fingerprint density at radius 1 is 0.405 bits per heavy atom. The molecular formula is C70H120Cu2N8O4-2. The molecule has 15 atom stereocenters. The number of hydrogen-bond acceptors (Lipinski definition) is 8. The third kappa shape index (κ3) is 21.4. The van der Waals surface area contributed by atoms with Gasteiger partial charge < -0.3 is 41.7 Å². The fourth-order valence-corrected chi connectivity index (χ4v) is 17.6. The fourth-order valence-electron chi connectivity index (χ4n) is 17.6. The average Bonchev–Trinajstić information content (AvgIpc) is 3.55. The summed E-state index contributed by atoms with van der Waals surface area (Å²) < 4.78 is 0. The minimum Gasteiger partial charge on any atom is -0.676 e. The first-order valence-electron chi connectivity index (χ1n) is 34.8. The summed E-state index contributed by atoms with van der Waals surface area (Å²) in [5.74, 6) is 8.60. The molecular weight excluding hydrogens is 1140 g/mol. The Morgan fingerprint density at radius 3 is 0.929 bits per heavy atom. The van der Waals surface area contributed by atoms with Gasteiger partial charge in [0.05, 0.1) is 24.2 Å². The van der Waals surface area contributed by atoms with E-state index in [1.165, 1.54) is 116 Å². The molecule has 4 N–H and O–H groups in total. The largest absolute Gasteiger partial charge is 1.00 e. The van der Waals surface area contributed by atoms with Crippen LogP contribution in [0.15, 0.2) is 43.9 Å². The van der Waals surface area contributed by atoms with Crippen molar-refractivity contribution in [3.8, 4) is 0 Å². The van der Waals surface area contributed by atoms with Gasteiger partial charge in [-0.25, -0.2) is 0 Å². The summed E-state index contributed by atoms with van der Waals surface area (Å²) in [6.07, 6.45) is 47.2. The molecule has 15 unspecified atom stereocenters. The summed E-state index contributed by atoms with van der Waals surface area (Å²) in [5, 5.41) is 57.3. The molecule has 3 saturated heterocycles. The predicted molar refractivity (Wildman–Crippen MR) is 347 cm³/mol. The minimum absolute atomic E-state index is 0. The maximum Gasteiger partial charge on any atom is 1.00 e. The van der Waals surface area contributed by atoms with E-state index >= 15 is 0 Å². The number of rotatable bonds is 24. The molecule has 7 fully saturated rings. The number of hydrogen-bond donors (Lipinski definition) is 4. The van der Waals surface area contributed by atoms with Crippen LogP contribution in [0.5, 0.6) is 0 Å². The van der Waals surface area contributed by atoms with Crippen molar-refractivity contribution < 1.29 is 54.6 Å². The van der Waals surface area contributed by atoms with Crippen LogP contribution in [0.2, 0.25) is 0 Å². The quantitative estimate of drug-likeness (QED) is 0.0554. The Hall–Kier alpha value is -1.28. The van der Waals surface area contributed by atoms with Crippen LogP contribution in [0.25, 0.3) is 21.3 Å². The van der Waals surface area contributed by atoms with E-state index in [0.29, 0.717) is 71.5 Å². The van der Waals surface area contributed by atoms with E-state index in [2.05, 4.69) is 85.4 Å². The number of piperidine rings is 3. The maximum atomic E-state index is 9.57. The van der Waals surface area contributed by atoms with Crippen molar-refractivity contribution in [1.29, 1.82) is 0 Å². The molecule has 0 aromatic rings. The zero-order valence-electron chi connectivity index (χ0n) is 53.7. The van der Waals surface area contributed by atoms with Crippen molar-refractivity contribution in [1.82, 2.24) is 0 Å². The molecule has 4 aliphatic heterocycles. The topological polar surface area (TPSA) is 187 Å². The van der Waals surface area contributed by atoms with Gasteiger partial charge in [-0.1, -0.05) is 207 Å². The normalized spacial score (nSPS) is 40.4. The molecule has 0 bridgehead atoms. The van der Waals surface area contributed by atoms with Crippen LogP contribution in [0, 0.1) is 71.0 Å². The SMILES string of the molecule is CCC1CC(CC2CC(CC)C(N=CC3CCCC(CO)[N-]3)C(CC)C2)CC(CC)C1N=CC1C=CC=C(CO)[N-]1.CCC1CC(CC2CC(CC)C(N=CC3CCCC(CO)[N-]3)C(CC)C2)CC(CC)C1N=CC1CCCC(CO)[N-]1.[Cu+].[Cu+]. The summed E-state index contributed by atoms with van der Waals surface area (Å²) in [6.45, 7) is 19.5. The van der Waals surface area contributed by atoms with E-state index in [-0.39, 0.29) is 103 Å². The standard InChI is InChI=1S/C35H62N4O2.C35H58N4O2.2Cu/c2*1-5-26-16-24(17-27(6-2)34(26)36-20-30-11-9-13-32(22-40)38-30)15-25-18-28(7-3)35(29(8-4)19-25)37-21-31-12-10-14-33(23-41)39-31;;/h20-21,24-35,40-41H,5-19,22-23H2,1-4H3;9,11,13,20-21,24-31,33-35,40-41H,5-8,10,12,14-19,22-23H2,1-4H3;;/q2*-2;2*+1. The Balaban J connectivity index is 0.000000300. The van der Waals surface area contributed by atoms with Crippen LogP contribution in [-0.4, -0.2) is 138 Å². The van der Waals surface area contributed by atoms with E-state index in [1.807, 2.05) is 18.4 Å². The van der Waals surface area contributed by atoms with Crippen molar-refractivity contribution in [2.24, 2.45) is 91.0 Å². The summed E-state index contributed by atoms with van der Waals surface area (Å²) in [4.78, 5) is 20.9. The first-order chi connectivity index (χ1) is 40.0. The third-order valence-corrected chi connectivity index (χ3v) is 22.2. The molecule has 0 aromatic heterocycles. The maximum absolute atomic E-state index is 9.57. The van der Waals surface area contributed by atoms with Crippen molar-refractivity contribution >= 4 is 24.9 Å². The summed E-state index contributed by atoms with van der Waals surface area (Å²) in [7, 11) is 0. The second kappa shape index (κ2) is 39.1. The molecule has 4 heterocycles. The van der Waals surface area contributed by atoms with Crippen molar-refractivity contribution in [3.05, 3.63) is 45.2 Å². The van der Waals surface area contributed by atoms with E-state index in [0.717, 1.165) is 87.2 Å². The van der Waals surface area contributed by atoms with Gasteiger partial charge >= 0.3 is 34.1 Å². The molecule has 0 amide bonds. The number of allylic oxidation sites excluding steroid dienone is 2. The molecule has 8 rings (SSSR count). The van der Waals surface area contributed by atoms with Gasteiger partial charge in [0.15, 0.2) is 0 Å². The molecule has 0 aromatic carbocycles. The third-order valence-electron chi connectivity index (χ3n) is 22.2. The Labute approximate surface area is 534 Å². The van der Waals surface area contributed by atoms with Gasteiger partial charge in [-0.3, -0.25) is 20.0 Å². The van der Waals surface area contributed by atoms with Gasteiger partial charge in [0.1, 0.15) is 0 Å². The van der Waals surface area contributed by atoms with Gasteiger partial charge in [0.2, 0.25) is 0 Å². The van der Waals surface area contributed by atoms with Gasteiger partial charge in [-0.05, 0) is 160 Å². The van der Waals surface area contributed by atoms with Gasteiger partial charge in [0.25, 0.3) is 0 Å². The van der Waals surface area contributed by atoms with Crippen LogP contribution in [0.1, 0.15) is 229 Å². The van der Waals surface area contributed by atoms with E-state index in [4.69, 9.17) is 35.9 Å². The van der Waals surface area contributed by atoms with Gasteiger partial charge in [-0.15, -0.1) is 23.8 Å². The second-order valence-electron chi connectivity index (χ2n) is 27.6. The van der Waals surface area contributed by atoms with Crippen LogP contribution in [0.3, 0.4) is 0 Å². The van der Waals surface area contributed by atoms with Crippen molar-refractivity contribution in [3.63, 3.8) is 0 Å². The fraction of sp³-hybridized carbons (Fsp3) is 0.886. The van der Waals surface area contributed by atoms with Crippen LogP contribution >= 0.6 is 0 Å². The molecule has 14 heteroatoms. The smallest absolute Gasteiger partial charge is 0.676 e. The molecule has 4 saturated carbocycles. The molecule has 8 aliphatic rings. The van der Waals surface area contributed by atoms with E-state index < -0.39 is 0 Å². The number of aliphatic hydroxyl groups excluding tert-OH is 4. The first-order valence-corrected chi connectivity index (χ1v) is 34.8. The molecule has 84 heavy (non-hydrogen) atoms. The van der Waals surface area contributed by atoms with Gasteiger partial charge in [-0.2, -0.15) is 0 Å². The molecule has 4 aliphatic carbocycles. The second-order valence-corrected chi connectivity index (χ2v) is 27.6. The predicted octanol–water partition coefficient (Wildman–Crippen LogP) is 15.4. The van der Waals surface area contributed by atoms with Crippen molar-refractivity contribution in [2.45, 2.75) is 295 Å². The minimum atomic E-state index is -0.0485. The number of aliphatic hydroxyl groups is 4. The molecule has 0 spiro atoms. The molecule has 0 radical (unpaired) electrons. The number of aliphatic imine (C=N–C) groups is 4. The van der Waals surface area contributed by atoms with E-state index in [9.17, 15) is 20.4 Å². The van der Waals surface area contributed by atoms with E-state index in [1.54, 1.807) is 0 Å². The summed E-state index contributed by atoms with van der Waals surface area (Å²) in [5.41, 5.74) is 0.738. The summed E-state index contributed by atoms with van der Waals surface area (Å²) in [6, 6.07) is 2.58. The average molecular weight is 1260 g/mol.